The summed E-state index contributed by atoms with van der Waals surface area (Å²) in [6, 6.07) is 9.79. The number of aromatic amines is 1. The van der Waals surface area contributed by atoms with Gasteiger partial charge in [-0.05, 0) is 58.9 Å². The van der Waals surface area contributed by atoms with Gasteiger partial charge in [0, 0.05) is 28.9 Å². The molecule has 1 aliphatic heterocycles. The summed E-state index contributed by atoms with van der Waals surface area (Å²) in [5, 5.41) is 19.2. The van der Waals surface area contributed by atoms with Crippen molar-refractivity contribution in [1.82, 2.24) is 20.2 Å². The zero-order valence-electron chi connectivity index (χ0n) is 21.8. The Kier molecular flexibility index (Phi) is 6.95. The Hall–Kier alpha value is -3.38. The van der Waals surface area contributed by atoms with Crippen LogP contribution in [0.2, 0.25) is 10.0 Å². The number of fused-ring (bicyclic) bond motifs is 1. The van der Waals surface area contributed by atoms with Crippen molar-refractivity contribution in [3.8, 4) is 23.1 Å². The van der Waals surface area contributed by atoms with Gasteiger partial charge in [-0.25, -0.2) is 4.98 Å². The Morgan fingerprint density at radius 2 is 1.89 bits per heavy atom. The van der Waals surface area contributed by atoms with Gasteiger partial charge in [0.1, 0.15) is 35.0 Å². The van der Waals surface area contributed by atoms with E-state index < -0.39 is 6.10 Å². The predicted octanol–water partition coefficient (Wildman–Crippen LogP) is 6.65. The normalized spacial score (nSPS) is 15.4. The number of ether oxygens (including phenoxy) is 2. The Morgan fingerprint density at radius 1 is 1.13 bits per heavy atom. The molecule has 3 aromatic heterocycles. The van der Waals surface area contributed by atoms with Crippen LogP contribution < -0.4 is 9.64 Å². The van der Waals surface area contributed by atoms with Crippen molar-refractivity contribution in [3.63, 3.8) is 0 Å². The molecular weight excluding hydrogens is 523 g/mol. The second kappa shape index (κ2) is 10.1. The van der Waals surface area contributed by atoms with Crippen LogP contribution in [0.4, 0.5) is 5.82 Å². The molecule has 0 aliphatic carbocycles. The van der Waals surface area contributed by atoms with Gasteiger partial charge in [-0.3, -0.25) is 10.1 Å². The lowest BCUT2D eigenvalue weighted by molar-refractivity contribution is -0.0842. The minimum absolute atomic E-state index is 0.139. The topological polar surface area (TPSA) is 99.9 Å². The lowest BCUT2D eigenvalue weighted by Crippen LogP contribution is -2.62. The van der Waals surface area contributed by atoms with Crippen LogP contribution in [0, 0.1) is 18.3 Å². The van der Waals surface area contributed by atoms with Crippen LogP contribution in [0.15, 0.2) is 36.7 Å². The lowest BCUT2D eigenvalue weighted by Gasteiger charge is -2.49. The number of halogens is 2. The first kappa shape index (κ1) is 26.2. The smallest absolute Gasteiger partial charge is 0.146 e. The van der Waals surface area contributed by atoms with Crippen LogP contribution >= 0.6 is 23.2 Å². The van der Waals surface area contributed by atoms with Crippen LogP contribution in [-0.4, -0.2) is 45.0 Å². The van der Waals surface area contributed by atoms with E-state index in [0.717, 1.165) is 16.5 Å². The van der Waals surface area contributed by atoms with Gasteiger partial charge in [0.2, 0.25) is 0 Å². The molecule has 1 saturated heterocycles. The molecule has 1 aromatic carbocycles. The van der Waals surface area contributed by atoms with Gasteiger partial charge >= 0.3 is 0 Å². The SMILES string of the molecule is Cc1ncc(Cl)c([C@@H](C)Oc2ccc3[nH]nc(-c4cnc(N5CC(C)(OC(C)C)C5)c(C#N)c4)c3c2)c1Cl. The first-order chi connectivity index (χ1) is 18.1. The molecular formula is C28H28Cl2N6O2. The van der Waals surface area contributed by atoms with E-state index in [1.54, 1.807) is 12.4 Å². The molecule has 38 heavy (non-hydrogen) atoms. The minimum Gasteiger partial charge on any atom is -0.486 e. The Balaban J connectivity index is 1.42. The number of nitrogens with one attached hydrogen (secondary N) is 1. The Labute approximate surface area is 231 Å². The molecule has 0 unspecified atom stereocenters. The third-order valence-electron chi connectivity index (χ3n) is 6.57. The van der Waals surface area contributed by atoms with E-state index >= 15 is 0 Å². The molecule has 0 amide bonds. The summed E-state index contributed by atoms with van der Waals surface area (Å²) in [5.41, 5.74) is 3.88. The Bertz CT molecular complexity index is 1560. The largest absolute Gasteiger partial charge is 0.486 e. The first-order valence-corrected chi connectivity index (χ1v) is 13.1. The molecule has 0 spiro atoms. The monoisotopic (exact) mass is 550 g/mol. The average molecular weight is 551 g/mol. The number of benzene rings is 1. The summed E-state index contributed by atoms with van der Waals surface area (Å²) < 4.78 is 12.2. The number of hydrogen-bond donors (Lipinski definition) is 1. The molecule has 4 aromatic rings. The van der Waals surface area contributed by atoms with Crippen LogP contribution in [0.1, 0.15) is 50.6 Å². The zero-order chi connectivity index (χ0) is 27.2. The maximum absolute atomic E-state index is 9.89. The molecule has 0 radical (unpaired) electrons. The summed E-state index contributed by atoms with van der Waals surface area (Å²) in [6.07, 6.45) is 3.06. The van der Waals surface area contributed by atoms with Crippen LogP contribution in [-0.2, 0) is 4.74 Å². The van der Waals surface area contributed by atoms with E-state index in [9.17, 15) is 5.26 Å². The molecule has 5 rings (SSSR count). The van der Waals surface area contributed by atoms with Crippen molar-refractivity contribution in [3.05, 3.63) is 63.5 Å². The standard InChI is InChI=1S/C28H28Cl2N6O2/c1-15(2)38-28(5)13-36(14-28)27-18(10-31)8-19(11-33-27)26-21-9-20(6-7-23(21)34-35-26)37-17(4)24-22(29)12-32-16(3)25(24)30/h6-9,11-12,15,17H,13-14H2,1-5H3,(H,34,35)/t17-/m1/s1. The zero-order valence-corrected chi connectivity index (χ0v) is 23.4. The summed E-state index contributed by atoms with van der Waals surface area (Å²) >= 11 is 12.8. The van der Waals surface area contributed by atoms with E-state index in [1.165, 1.54) is 0 Å². The molecule has 1 atom stereocenters. The number of aromatic nitrogens is 4. The fourth-order valence-corrected chi connectivity index (χ4v) is 5.63. The summed E-state index contributed by atoms with van der Waals surface area (Å²) in [5.74, 6) is 1.28. The van der Waals surface area contributed by atoms with E-state index in [1.807, 2.05) is 52.0 Å². The average Bonchev–Trinajstić information content (AvgIpc) is 3.27. The van der Waals surface area contributed by atoms with E-state index in [-0.39, 0.29) is 11.7 Å². The van der Waals surface area contributed by atoms with Gasteiger partial charge in [-0.1, -0.05) is 23.2 Å². The van der Waals surface area contributed by atoms with Gasteiger partial charge < -0.3 is 14.4 Å². The summed E-state index contributed by atoms with van der Waals surface area (Å²) in [7, 11) is 0. The second-order valence-electron chi connectivity index (χ2n) is 10.1. The molecule has 10 heteroatoms. The fourth-order valence-electron chi connectivity index (χ4n) is 4.98. The lowest BCUT2D eigenvalue weighted by atomic mass is 9.95. The third kappa shape index (κ3) is 4.90. The number of H-pyrrole nitrogens is 1. The second-order valence-corrected chi connectivity index (χ2v) is 10.9. The van der Waals surface area contributed by atoms with Gasteiger partial charge in [0.25, 0.3) is 0 Å². The van der Waals surface area contributed by atoms with Crippen molar-refractivity contribution < 1.29 is 9.47 Å². The number of aryl methyl sites for hydroxylation is 1. The predicted molar refractivity (Wildman–Crippen MR) is 149 cm³/mol. The first-order valence-electron chi connectivity index (χ1n) is 12.4. The number of nitrogens with zero attached hydrogens (tertiary/aromatic N) is 5. The van der Waals surface area contributed by atoms with Crippen molar-refractivity contribution >= 4 is 39.9 Å². The molecule has 1 aliphatic rings. The van der Waals surface area contributed by atoms with Crippen LogP contribution in [0.5, 0.6) is 5.75 Å². The molecule has 0 saturated carbocycles. The maximum Gasteiger partial charge on any atom is 0.146 e. The molecule has 196 valence electrons. The number of pyridine rings is 2. The van der Waals surface area contributed by atoms with Crippen molar-refractivity contribution in [2.24, 2.45) is 0 Å². The Morgan fingerprint density at radius 3 is 2.61 bits per heavy atom. The highest BCUT2D eigenvalue weighted by Gasteiger charge is 2.42. The number of anilines is 1. The van der Waals surface area contributed by atoms with Crippen molar-refractivity contribution in [2.45, 2.75) is 52.4 Å². The number of hydrogen-bond acceptors (Lipinski definition) is 7. The van der Waals surface area contributed by atoms with Gasteiger partial charge in [0.15, 0.2) is 0 Å². The van der Waals surface area contributed by atoms with E-state index in [4.69, 9.17) is 32.7 Å². The molecule has 4 heterocycles. The van der Waals surface area contributed by atoms with Gasteiger partial charge in [0.05, 0.1) is 46.0 Å². The highest BCUT2D eigenvalue weighted by molar-refractivity contribution is 6.36. The number of rotatable bonds is 7. The third-order valence-corrected chi connectivity index (χ3v) is 7.35. The minimum atomic E-state index is -0.405. The highest BCUT2D eigenvalue weighted by Crippen LogP contribution is 2.37. The molecule has 8 nitrogen and oxygen atoms in total. The summed E-state index contributed by atoms with van der Waals surface area (Å²) in [6.45, 7) is 11.2. The quantitative estimate of drug-likeness (QED) is 0.275. The molecule has 1 fully saturated rings. The van der Waals surface area contributed by atoms with E-state index in [2.05, 4.69) is 38.1 Å². The summed E-state index contributed by atoms with van der Waals surface area (Å²) in [4.78, 5) is 10.9. The molecule has 0 bridgehead atoms. The van der Waals surface area contributed by atoms with Crippen molar-refractivity contribution in [1.29, 1.82) is 5.26 Å². The van der Waals surface area contributed by atoms with Crippen LogP contribution in [0.3, 0.4) is 0 Å². The van der Waals surface area contributed by atoms with Crippen LogP contribution in [0.25, 0.3) is 22.2 Å². The fraction of sp³-hybridized carbons (Fsp3) is 0.357. The van der Waals surface area contributed by atoms with Gasteiger partial charge in [-0.15, -0.1) is 0 Å². The number of nitriles is 1. The highest BCUT2D eigenvalue weighted by atomic mass is 35.5. The molecule has 1 N–H and O–H groups in total. The van der Waals surface area contributed by atoms with E-state index in [0.29, 0.717) is 57.2 Å². The van der Waals surface area contributed by atoms with Gasteiger partial charge in [-0.2, -0.15) is 10.4 Å². The maximum atomic E-state index is 9.89. The van der Waals surface area contributed by atoms with Crippen molar-refractivity contribution in [2.75, 3.05) is 18.0 Å².